The van der Waals surface area contributed by atoms with Crippen LogP contribution in [0.5, 0.6) is 11.5 Å². The second-order valence-electron chi connectivity index (χ2n) is 17.4. The number of likely N-dealkylation sites (tertiary alicyclic amines) is 1. The molecule has 0 aromatic heterocycles. The summed E-state index contributed by atoms with van der Waals surface area (Å²) >= 11 is 0. The van der Waals surface area contributed by atoms with E-state index in [-0.39, 0.29) is 23.7 Å². The minimum atomic E-state index is -0.111. The SMILES string of the molecule is COc1ccc2c3c1O[C@H]1[C@H](N(CC4CCCCC4)C(=O)CCCCCCCCCCc4ccccc4)CC[C@H]4[C@@H](C2)N(CC2CC2O)CC[C@@]341. The van der Waals surface area contributed by atoms with Gasteiger partial charge in [0, 0.05) is 42.4 Å². The molecule has 7 atom stereocenters. The van der Waals surface area contributed by atoms with Crippen LogP contribution in [0.2, 0.25) is 0 Å². The molecule has 3 saturated carbocycles. The molecule has 2 bridgehead atoms. The number of benzene rings is 2. The monoisotopic (exact) mass is 696 g/mol. The zero-order valence-corrected chi connectivity index (χ0v) is 31.4. The van der Waals surface area contributed by atoms with E-state index in [1.165, 1.54) is 93.7 Å². The highest BCUT2D eigenvalue weighted by Gasteiger charge is 2.67. The van der Waals surface area contributed by atoms with Crippen molar-refractivity contribution in [1.29, 1.82) is 0 Å². The molecule has 6 aliphatic rings. The number of aryl methyl sites for hydroxylation is 1. The molecule has 1 amide bonds. The molecule has 2 heterocycles. The molecular weight excluding hydrogens is 633 g/mol. The molecule has 2 unspecified atom stereocenters. The van der Waals surface area contributed by atoms with Crippen LogP contribution in [0.3, 0.4) is 0 Å². The van der Waals surface area contributed by atoms with Crippen LogP contribution < -0.4 is 9.47 Å². The molecule has 1 N–H and O–H groups in total. The van der Waals surface area contributed by atoms with E-state index in [4.69, 9.17) is 9.47 Å². The van der Waals surface area contributed by atoms with E-state index < -0.39 is 0 Å². The summed E-state index contributed by atoms with van der Waals surface area (Å²) in [6, 6.07) is 15.9. The van der Waals surface area contributed by atoms with E-state index in [9.17, 15) is 9.90 Å². The van der Waals surface area contributed by atoms with Gasteiger partial charge in [-0.25, -0.2) is 0 Å². The molecule has 2 aliphatic heterocycles. The standard InChI is InChI=1S/C45H64N2O4/c1-50-40-25-22-34-28-38-36-23-24-37(44-45(36,42(34)43(40)51-44)26-27-46(38)31-35-29-39(35)48)47(30-33-19-13-9-14-20-33)41(49)21-15-7-5-3-2-4-6-10-16-32-17-11-8-12-18-32/h8,11-12,17-18,22,25,33,35-39,44,48H,2-7,9-10,13-16,19-21,23-24,26-31H2,1H3/t35?,36-,37+,38+,39?,44-,45-/m0/s1. The van der Waals surface area contributed by atoms with Crippen LogP contribution in [0, 0.1) is 17.8 Å². The molecule has 6 heteroatoms. The van der Waals surface area contributed by atoms with Crippen molar-refractivity contribution in [1.82, 2.24) is 9.80 Å². The molecule has 51 heavy (non-hydrogen) atoms. The second kappa shape index (κ2) is 15.8. The average molecular weight is 697 g/mol. The number of aliphatic hydroxyl groups is 1. The quantitative estimate of drug-likeness (QED) is 0.168. The highest BCUT2D eigenvalue weighted by Crippen LogP contribution is 2.64. The van der Waals surface area contributed by atoms with Gasteiger partial charge in [-0.15, -0.1) is 0 Å². The van der Waals surface area contributed by atoms with E-state index in [0.717, 1.165) is 76.1 Å². The highest BCUT2D eigenvalue weighted by atomic mass is 16.5. The van der Waals surface area contributed by atoms with Crippen molar-refractivity contribution in [3.8, 4) is 11.5 Å². The Balaban J connectivity index is 0.928. The van der Waals surface area contributed by atoms with Gasteiger partial charge in [-0.3, -0.25) is 9.69 Å². The number of piperidine rings is 1. The largest absolute Gasteiger partial charge is 0.493 e. The summed E-state index contributed by atoms with van der Waals surface area (Å²) in [5, 5.41) is 10.2. The van der Waals surface area contributed by atoms with Gasteiger partial charge < -0.3 is 19.5 Å². The first kappa shape index (κ1) is 35.5. The molecule has 0 radical (unpaired) electrons. The number of hydrogen-bond acceptors (Lipinski definition) is 5. The van der Waals surface area contributed by atoms with E-state index in [1.807, 2.05) is 0 Å². The van der Waals surface area contributed by atoms with Crippen LogP contribution in [0.4, 0.5) is 0 Å². The minimum Gasteiger partial charge on any atom is -0.493 e. The van der Waals surface area contributed by atoms with Gasteiger partial charge >= 0.3 is 0 Å². The summed E-state index contributed by atoms with van der Waals surface area (Å²) < 4.78 is 13.2. The van der Waals surface area contributed by atoms with E-state index in [1.54, 1.807) is 7.11 Å². The van der Waals surface area contributed by atoms with Crippen molar-refractivity contribution >= 4 is 5.91 Å². The lowest BCUT2D eigenvalue weighted by molar-refractivity contribution is -0.144. The number of unbranched alkanes of at least 4 members (excludes halogenated alkanes) is 7. The number of aliphatic hydroxyl groups excluding tert-OH is 1. The van der Waals surface area contributed by atoms with Crippen LogP contribution >= 0.6 is 0 Å². The fourth-order valence-electron chi connectivity index (χ4n) is 11.5. The summed E-state index contributed by atoms with van der Waals surface area (Å²) in [5.41, 5.74) is 4.25. The van der Waals surface area contributed by atoms with Crippen LogP contribution in [0.15, 0.2) is 42.5 Å². The number of rotatable bonds is 17. The van der Waals surface area contributed by atoms with Gasteiger partial charge in [-0.05, 0) is 99.8 Å². The first-order valence-electron chi connectivity index (χ1n) is 21.2. The van der Waals surface area contributed by atoms with Crippen molar-refractivity contribution in [2.45, 2.75) is 158 Å². The number of amides is 1. The van der Waals surface area contributed by atoms with E-state index >= 15 is 0 Å². The van der Waals surface area contributed by atoms with Crippen LogP contribution in [-0.2, 0) is 23.1 Å². The molecule has 2 aromatic rings. The van der Waals surface area contributed by atoms with Gasteiger partial charge in [0.15, 0.2) is 11.5 Å². The Labute approximate surface area is 307 Å². The van der Waals surface area contributed by atoms with E-state index in [2.05, 4.69) is 52.3 Å². The molecule has 4 aliphatic carbocycles. The first-order valence-corrected chi connectivity index (χ1v) is 21.2. The molecular formula is C45H64N2O4. The number of methoxy groups -OCH3 is 1. The van der Waals surface area contributed by atoms with E-state index in [0.29, 0.717) is 36.1 Å². The molecule has 278 valence electrons. The Bertz CT molecular complexity index is 1470. The number of carbonyl (C=O) groups is 1. The lowest BCUT2D eigenvalue weighted by Crippen LogP contribution is -2.69. The third kappa shape index (κ3) is 7.22. The van der Waals surface area contributed by atoms with Crippen molar-refractivity contribution in [3.63, 3.8) is 0 Å². The van der Waals surface area contributed by atoms with Crippen molar-refractivity contribution in [2.75, 3.05) is 26.7 Å². The van der Waals surface area contributed by atoms with Crippen molar-refractivity contribution < 1.29 is 19.4 Å². The minimum absolute atomic E-state index is 0.00723. The van der Waals surface area contributed by atoms with Gasteiger partial charge in [0.2, 0.25) is 5.91 Å². The maximum Gasteiger partial charge on any atom is 0.222 e. The molecule has 2 aromatic carbocycles. The van der Waals surface area contributed by atoms with Crippen molar-refractivity contribution in [2.24, 2.45) is 17.8 Å². The Morgan fingerprint density at radius 3 is 2.43 bits per heavy atom. The number of hydrogen-bond donors (Lipinski definition) is 1. The molecule has 1 spiro atoms. The molecule has 4 fully saturated rings. The zero-order valence-electron chi connectivity index (χ0n) is 31.4. The Hall–Kier alpha value is -2.57. The Morgan fingerprint density at radius 2 is 1.69 bits per heavy atom. The summed E-state index contributed by atoms with van der Waals surface area (Å²) in [5.74, 6) is 3.78. The fourth-order valence-corrected chi connectivity index (χ4v) is 11.5. The topological polar surface area (TPSA) is 62.2 Å². The predicted octanol–water partition coefficient (Wildman–Crippen LogP) is 8.65. The predicted molar refractivity (Wildman–Crippen MR) is 203 cm³/mol. The fraction of sp³-hybridized carbons (Fsp3) is 0.711. The molecule has 1 saturated heterocycles. The maximum atomic E-state index is 14.5. The van der Waals surface area contributed by atoms with Gasteiger partial charge in [0.1, 0.15) is 6.10 Å². The van der Waals surface area contributed by atoms with Crippen LogP contribution in [0.25, 0.3) is 0 Å². The van der Waals surface area contributed by atoms with Gasteiger partial charge in [0.25, 0.3) is 0 Å². The second-order valence-corrected chi connectivity index (χ2v) is 17.4. The first-order chi connectivity index (χ1) is 25.1. The highest BCUT2D eigenvalue weighted by molar-refractivity contribution is 5.77. The molecule has 8 rings (SSSR count). The lowest BCUT2D eigenvalue weighted by Gasteiger charge is -2.60. The third-order valence-corrected chi connectivity index (χ3v) is 14.3. The Morgan fingerprint density at radius 1 is 0.941 bits per heavy atom. The maximum absolute atomic E-state index is 14.5. The number of carbonyl (C=O) groups excluding carboxylic acids is 1. The van der Waals surface area contributed by atoms with Crippen molar-refractivity contribution in [3.05, 3.63) is 59.2 Å². The van der Waals surface area contributed by atoms with Gasteiger partial charge in [-0.2, -0.15) is 0 Å². The number of nitrogens with zero attached hydrogens (tertiary/aromatic N) is 2. The zero-order chi connectivity index (χ0) is 34.8. The Kier molecular flexibility index (Phi) is 11.0. The summed E-state index contributed by atoms with van der Waals surface area (Å²) in [6.07, 6.45) is 23.4. The average Bonchev–Trinajstić information content (AvgIpc) is 3.74. The smallest absolute Gasteiger partial charge is 0.222 e. The van der Waals surface area contributed by atoms with Gasteiger partial charge in [-0.1, -0.05) is 94.2 Å². The summed E-state index contributed by atoms with van der Waals surface area (Å²) in [4.78, 5) is 19.6. The van der Waals surface area contributed by atoms with Gasteiger partial charge in [0.05, 0.1) is 19.3 Å². The number of ether oxygens (including phenoxy) is 2. The normalized spacial score (nSPS) is 30.8. The van der Waals surface area contributed by atoms with Crippen LogP contribution in [0.1, 0.15) is 132 Å². The summed E-state index contributed by atoms with van der Waals surface area (Å²) in [6.45, 7) is 2.98. The summed E-state index contributed by atoms with van der Waals surface area (Å²) in [7, 11) is 1.77. The lowest BCUT2D eigenvalue weighted by atomic mass is 9.51. The third-order valence-electron chi connectivity index (χ3n) is 14.3. The van der Waals surface area contributed by atoms with Crippen LogP contribution in [-0.4, -0.2) is 71.8 Å². The molecule has 6 nitrogen and oxygen atoms in total.